The predicted octanol–water partition coefficient (Wildman–Crippen LogP) is 4.27. The van der Waals surface area contributed by atoms with E-state index in [1.165, 1.54) is 6.92 Å². The number of alkyl halides is 6. The fraction of sp³-hybridized carbons (Fsp3) is 0.364. The molecule has 8 heteroatoms. The molecule has 1 unspecified atom stereocenters. The van der Waals surface area contributed by atoms with E-state index in [1.807, 2.05) is 0 Å². The van der Waals surface area contributed by atoms with Crippen LogP contribution in [0, 0.1) is 0 Å². The zero-order chi connectivity index (χ0) is 14.8. The Morgan fingerprint density at radius 2 is 1.89 bits per heavy atom. The Morgan fingerprint density at radius 3 is 2.32 bits per heavy atom. The molecule has 2 nitrogen and oxygen atoms in total. The highest BCUT2D eigenvalue weighted by Gasteiger charge is 2.35. The van der Waals surface area contributed by atoms with Gasteiger partial charge in [-0.3, -0.25) is 4.79 Å². The highest BCUT2D eigenvalue weighted by Crippen LogP contribution is 2.37. The Balaban J connectivity index is 3.27. The number of halogens is 6. The Kier molecular flexibility index (Phi) is 4.89. The number of ether oxygens (including phenoxy) is 1. The van der Waals surface area contributed by atoms with Crippen molar-refractivity contribution in [3.05, 3.63) is 29.3 Å². The third-order valence-electron chi connectivity index (χ3n) is 2.15. The van der Waals surface area contributed by atoms with E-state index in [9.17, 15) is 26.7 Å². The molecule has 0 fully saturated rings. The molecule has 1 rings (SSSR count). The quantitative estimate of drug-likeness (QED) is 0.462. The molecule has 0 aliphatic carbocycles. The first kappa shape index (κ1) is 15.9. The largest absolute Gasteiger partial charge is 0.434 e. The summed E-state index contributed by atoms with van der Waals surface area (Å²) in [6.07, 6.45) is -4.84. The van der Waals surface area contributed by atoms with E-state index in [0.29, 0.717) is 12.1 Å². The predicted molar refractivity (Wildman–Crippen MR) is 60.8 cm³/mol. The molecule has 0 aliphatic rings. The van der Waals surface area contributed by atoms with Crippen molar-refractivity contribution in [1.29, 1.82) is 0 Å². The second-order valence-corrected chi connectivity index (χ2v) is 4.94. The fourth-order valence-electron chi connectivity index (χ4n) is 1.33. The molecule has 106 valence electrons. The van der Waals surface area contributed by atoms with Crippen LogP contribution in [0.3, 0.4) is 0 Å². The second kappa shape index (κ2) is 5.85. The maximum Gasteiger partial charge on any atom is 0.419 e. The molecule has 0 amide bonds. The summed E-state index contributed by atoms with van der Waals surface area (Å²) in [6.45, 7) is -1.94. The number of hydrogen-bond acceptors (Lipinski definition) is 2. The summed E-state index contributed by atoms with van der Waals surface area (Å²) in [5, 5.41) is 0. The van der Waals surface area contributed by atoms with Crippen molar-refractivity contribution < 1.29 is 31.5 Å². The van der Waals surface area contributed by atoms with Crippen LogP contribution in [0.4, 0.5) is 22.0 Å². The lowest BCUT2D eigenvalue weighted by Gasteiger charge is -2.14. The van der Waals surface area contributed by atoms with Gasteiger partial charge in [0.25, 0.3) is 0 Å². The van der Waals surface area contributed by atoms with Crippen LogP contribution >= 0.6 is 15.9 Å². The maximum absolute atomic E-state index is 12.6. The van der Waals surface area contributed by atoms with Crippen LogP contribution in [-0.4, -0.2) is 17.2 Å². The monoisotopic (exact) mass is 346 g/mol. The van der Waals surface area contributed by atoms with Crippen molar-refractivity contribution >= 4 is 21.7 Å². The first-order valence-electron chi connectivity index (χ1n) is 4.97. The molecule has 19 heavy (non-hydrogen) atoms. The number of Topliss-reactive ketones (excluding diaryl/α,β-unsaturated/α-hetero) is 1. The lowest BCUT2D eigenvalue weighted by atomic mass is 10.1. The van der Waals surface area contributed by atoms with E-state index in [2.05, 4.69) is 20.7 Å². The zero-order valence-electron chi connectivity index (χ0n) is 9.47. The van der Waals surface area contributed by atoms with Gasteiger partial charge in [0.05, 0.1) is 10.4 Å². The van der Waals surface area contributed by atoms with Crippen molar-refractivity contribution in [2.75, 3.05) is 0 Å². The highest BCUT2D eigenvalue weighted by molar-refractivity contribution is 9.10. The minimum Gasteiger partial charge on any atom is -0.434 e. The first-order valence-corrected chi connectivity index (χ1v) is 5.89. The summed E-state index contributed by atoms with van der Waals surface area (Å²) in [4.78, 5) is 10.9. The molecule has 0 spiro atoms. The molecule has 0 heterocycles. The van der Waals surface area contributed by atoms with Crippen LogP contribution in [0.25, 0.3) is 0 Å². The number of ketones is 1. The van der Waals surface area contributed by atoms with Crippen LogP contribution in [0.15, 0.2) is 18.2 Å². The summed E-state index contributed by atoms with van der Waals surface area (Å²) in [7, 11) is 0. The average Bonchev–Trinajstić information content (AvgIpc) is 2.25. The van der Waals surface area contributed by atoms with Crippen molar-refractivity contribution in [3.63, 3.8) is 0 Å². The van der Waals surface area contributed by atoms with E-state index in [4.69, 9.17) is 0 Å². The van der Waals surface area contributed by atoms with Gasteiger partial charge in [-0.15, -0.1) is 0 Å². The third-order valence-corrected chi connectivity index (χ3v) is 2.56. The summed E-state index contributed by atoms with van der Waals surface area (Å²) in [6, 6.07) is 2.12. The Bertz CT molecular complexity index is 471. The van der Waals surface area contributed by atoms with Crippen molar-refractivity contribution in [2.24, 2.45) is 0 Å². The molecule has 0 aromatic heterocycles. The van der Waals surface area contributed by atoms with Gasteiger partial charge in [-0.1, -0.05) is 22.0 Å². The van der Waals surface area contributed by atoms with Crippen LogP contribution < -0.4 is 4.74 Å². The van der Waals surface area contributed by atoms with Gasteiger partial charge in [0.1, 0.15) is 5.75 Å². The van der Waals surface area contributed by atoms with E-state index < -0.39 is 34.7 Å². The smallest absolute Gasteiger partial charge is 0.419 e. The summed E-state index contributed by atoms with van der Waals surface area (Å²) in [5.74, 6) is -1.60. The van der Waals surface area contributed by atoms with Crippen LogP contribution in [0.1, 0.15) is 22.8 Å². The van der Waals surface area contributed by atoms with Gasteiger partial charge < -0.3 is 4.74 Å². The van der Waals surface area contributed by atoms with Crippen molar-refractivity contribution in [3.8, 4) is 5.75 Å². The molecule has 0 saturated carbocycles. The molecule has 0 N–H and O–H groups in total. The van der Waals surface area contributed by atoms with Crippen molar-refractivity contribution in [1.82, 2.24) is 0 Å². The van der Waals surface area contributed by atoms with Gasteiger partial charge in [0.15, 0.2) is 5.78 Å². The normalized spacial score (nSPS) is 13.5. The van der Waals surface area contributed by atoms with E-state index >= 15 is 0 Å². The molecular weight excluding hydrogens is 339 g/mol. The lowest BCUT2D eigenvalue weighted by Crippen LogP contribution is -2.14. The Labute approximate surface area is 113 Å². The molecule has 1 aromatic rings. The zero-order valence-corrected chi connectivity index (χ0v) is 11.1. The SMILES string of the molecule is CC(Br)C(=O)c1ccc(C(F)(F)F)c(OC(F)F)c1. The Hall–Kier alpha value is -1.18. The number of carbonyl (C=O) groups is 1. The van der Waals surface area contributed by atoms with Gasteiger partial charge in [-0.05, 0) is 19.1 Å². The number of benzene rings is 1. The molecule has 0 aliphatic heterocycles. The van der Waals surface area contributed by atoms with Gasteiger partial charge in [0, 0.05) is 5.56 Å². The van der Waals surface area contributed by atoms with Gasteiger partial charge >= 0.3 is 12.8 Å². The second-order valence-electron chi connectivity index (χ2n) is 3.57. The van der Waals surface area contributed by atoms with Crippen LogP contribution in [0.5, 0.6) is 5.75 Å². The van der Waals surface area contributed by atoms with E-state index in [0.717, 1.165) is 6.07 Å². The van der Waals surface area contributed by atoms with Crippen LogP contribution in [-0.2, 0) is 6.18 Å². The number of hydrogen-bond donors (Lipinski definition) is 0. The Morgan fingerprint density at radius 1 is 1.32 bits per heavy atom. The summed E-state index contributed by atoms with van der Waals surface area (Å²) in [5.41, 5.74) is -1.50. The van der Waals surface area contributed by atoms with Crippen molar-refractivity contribution in [2.45, 2.75) is 24.5 Å². The standard InChI is InChI=1S/C11H8BrF5O2/c1-5(12)9(18)6-2-3-7(11(15,16)17)8(4-6)19-10(13)14/h2-5,10H,1H3. The molecular formula is C11H8BrF5O2. The minimum atomic E-state index is -4.84. The number of rotatable bonds is 4. The number of carbonyl (C=O) groups excluding carboxylic acids is 1. The lowest BCUT2D eigenvalue weighted by molar-refractivity contribution is -0.141. The topological polar surface area (TPSA) is 26.3 Å². The van der Waals surface area contributed by atoms with Crippen LogP contribution in [0.2, 0.25) is 0 Å². The van der Waals surface area contributed by atoms with Gasteiger partial charge in [-0.25, -0.2) is 0 Å². The summed E-state index contributed by atoms with van der Waals surface area (Å²) < 4.78 is 65.7. The first-order chi connectivity index (χ1) is 8.62. The van der Waals surface area contributed by atoms with Gasteiger partial charge in [0.2, 0.25) is 0 Å². The third kappa shape index (κ3) is 4.15. The molecule has 1 aromatic carbocycles. The molecule has 0 saturated heterocycles. The maximum atomic E-state index is 12.6. The summed E-state index contributed by atoms with van der Waals surface area (Å²) >= 11 is 2.95. The van der Waals surface area contributed by atoms with E-state index in [1.54, 1.807) is 0 Å². The average molecular weight is 347 g/mol. The highest BCUT2D eigenvalue weighted by atomic mass is 79.9. The van der Waals surface area contributed by atoms with E-state index in [-0.39, 0.29) is 5.56 Å². The van der Waals surface area contributed by atoms with Gasteiger partial charge in [-0.2, -0.15) is 22.0 Å². The molecule has 0 bridgehead atoms. The minimum absolute atomic E-state index is 0.145. The fourth-order valence-corrected chi connectivity index (χ4v) is 1.60. The molecule has 0 radical (unpaired) electrons. The molecule has 1 atom stereocenters.